The molecule has 0 radical (unpaired) electrons. The molecule has 2 heterocycles. The van der Waals surface area contributed by atoms with Gasteiger partial charge in [-0.25, -0.2) is 14.8 Å². The van der Waals surface area contributed by atoms with Crippen molar-refractivity contribution in [1.29, 1.82) is 0 Å². The van der Waals surface area contributed by atoms with Crippen LogP contribution in [0.3, 0.4) is 0 Å². The van der Waals surface area contributed by atoms with Crippen molar-refractivity contribution in [2.45, 2.75) is 45.0 Å². The molecule has 0 saturated carbocycles. The Balaban J connectivity index is 2.19. The summed E-state index contributed by atoms with van der Waals surface area (Å²) >= 11 is 1.51. The number of benzene rings is 1. The summed E-state index contributed by atoms with van der Waals surface area (Å²) in [5, 5.41) is 1.04. The van der Waals surface area contributed by atoms with E-state index >= 15 is 0 Å². The first-order valence-corrected chi connectivity index (χ1v) is 9.93. The van der Waals surface area contributed by atoms with E-state index in [1.165, 1.54) is 29.9 Å². The largest absolute Gasteiger partial charge is 0.332 e. The highest BCUT2D eigenvalue weighted by atomic mass is 32.2. The molecule has 0 aliphatic heterocycles. The number of hydrogen-bond donors (Lipinski definition) is 0. The number of aromatic nitrogens is 4. The molecule has 7 heteroatoms. The predicted octanol–water partition coefficient (Wildman–Crippen LogP) is 3.06. The molecular formula is C20H24N4O2S. The first-order chi connectivity index (χ1) is 12.8. The fraction of sp³-hybridized carbons (Fsp3) is 0.400. The summed E-state index contributed by atoms with van der Waals surface area (Å²) < 4.78 is 2.75. The molecule has 6 nitrogen and oxygen atoms in total. The maximum absolute atomic E-state index is 12.9. The molecule has 0 unspecified atom stereocenters. The van der Waals surface area contributed by atoms with Gasteiger partial charge in [0, 0.05) is 19.3 Å². The van der Waals surface area contributed by atoms with Crippen molar-refractivity contribution in [2.24, 2.45) is 13.0 Å². The fourth-order valence-electron chi connectivity index (χ4n) is 2.99. The number of rotatable bonds is 5. The Labute approximate surface area is 162 Å². The zero-order chi connectivity index (χ0) is 19.7. The maximum Gasteiger partial charge on any atom is 0.332 e. The Morgan fingerprint density at radius 3 is 2.48 bits per heavy atom. The third-order valence-electron chi connectivity index (χ3n) is 4.43. The summed E-state index contributed by atoms with van der Waals surface area (Å²) in [7, 11) is 1.51. The van der Waals surface area contributed by atoms with Gasteiger partial charge in [0.2, 0.25) is 0 Å². The molecule has 27 heavy (non-hydrogen) atoms. The van der Waals surface area contributed by atoms with Crippen molar-refractivity contribution in [2.75, 3.05) is 0 Å². The van der Waals surface area contributed by atoms with Crippen LogP contribution in [0, 0.1) is 19.8 Å². The molecule has 3 aromatic rings. The van der Waals surface area contributed by atoms with Gasteiger partial charge >= 0.3 is 5.69 Å². The lowest BCUT2D eigenvalue weighted by Crippen LogP contribution is -2.39. The molecule has 3 rings (SSSR count). The molecule has 0 fully saturated rings. The van der Waals surface area contributed by atoms with Crippen LogP contribution in [0.25, 0.3) is 11.0 Å². The number of fused-ring (bicyclic) bond motifs is 1. The van der Waals surface area contributed by atoms with Crippen molar-refractivity contribution >= 4 is 22.8 Å². The Bertz CT molecular complexity index is 1120. The van der Waals surface area contributed by atoms with Crippen LogP contribution in [0.4, 0.5) is 0 Å². The summed E-state index contributed by atoms with van der Waals surface area (Å²) in [6.45, 7) is 8.43. The highest BCUT2D eigenvalue weighted by Gasteiger charge is 2.18. The van der Waals surface area contributed by atoms with Crippen LogP contribution >= 0.6 is 11.8 Å². The van der Waals surface area contributed by atoms with Crippen molar-refractivity contribution in [3.05, 3.63) is 62.1 Å². The Hall–Kier alpha value is -2.41. The van der Waals surface area contributed by atoms with E-state index in [0.717, 1.165) is 4.57 Å². The van der Waals surface area contributed by atoms with Gasteiger partial charge in [0.25, 0.3) is 5.56 Å². The first-order valence-electron chi connectivity index (χ1n) is 8.95. The lowest BCUT2D eigenvalue weighted by Gasteiger charge is -2.15. The van der Waals surface area contributed by atoms with Gasteiger partial charge in [0.05, 0.1) is 0 Å². The minimum Gasteiger partial charge on any atom is -0.277 e. The zero-order valence-corrected chi connectivity index (χ0v) is 17.1. The summed E-state index contributed by atoms with van der Waals surface area (Å²) in [5.74, 6) is 1.51. The van der Waals surface area contributed by atoms with E-state index in [1.54, 1.807) is 11.5 Å². The van der Waals surface area contributed by atoms with Gasteiger partial charge in [-0.05, 0) is 30.9 Å². The molecule has 0 amide bonds. The van der Waals surface area contributed by atoms with E-state index in [-0.39, 0.29) is 17.2 Å². The third kappa shape index (κ3) is 3.83. The van der Waals surface area contributed by atoms with Crippen LogP contribution in [0.1, 0.15) is 30.8 Å². The molecule has 0 aliphatic carbocycles. The average Bonchev–Trinajstić information content (AvgIpc) is 2.62. The highest BCUT2D eigenvalue weighted by Crippen LogP contribution is 2.27. The summed E-state index contributed by atoms with van der Waals surface area (Å²) in [6, 6.07) is 8.16. The Kier molecular flexibility index (Phi) is 5.51. The van der Waals surface area contributed by atoms with E-state index in [4.69, 9.17) is 0 Å². The molecule has 2 aromatic heterocycles. The second-order valence-electron chi connectivity index (χ2n) is 7.14. The quantitative estimate of drug-likeness (QED) is 0.499. The standard InChI is InChI=1S/C20H24N4O2S/c1-12(2)10-24-17-16(19(25)23(5)20(24)26)18(22-14(4)21-17)27-11-15-9-7-6-8-13(15)3/h6-9,12H,10-11H2,1-5H3. The monoisotopic (exact) mass is 384 g/mol. The van der Waals surface area contributed by atoms with Crippen molar-refractivity contribution in [3.8, 4) is 0 Å². The zero-order valence-electron chi connectivity index (χ0n) is 16.3. The van der Waals surface area contributed by atoms with E-state index in [2.05, 4.69) is 29.0 Å². The van der Waals surface area contributed by atoms with Crippen molar-refractivity contribution < 1.29 is 0 Å². The molecule has 1 aromatic carbocycles. The number of thioether (sulfide) groups is 1. The van der Waals surface area contributed by atoms with Crippen LogP contribution in [0.15, 0.2) is 38.9 Å². The van der Waals surface area contributed by atoms with Gasteiger partial charge in [-0.15, -0.1) is 11.8 Å². The van der Waals surface area contributed by atoms with Gasteiger partial charge in [-0.1, -0.05) is 38.1 Å². The number of aryl methyl sites for hydroxylation is 2. The molecule has 142 valence electrons. The molecule has 0 atom stereocenters. The van der Waals surface area contributed by atoms with Gasteiger partial charge in [-0.3, -0.25) is 13.9 Å². The van der Waals surface area contributed by atoms with Crippen LogP contribution in [-0.2, 0) is 19.3 Å². The summed E-state index contributed by atoms with van der Waals surface area (Å²) in [5.41, 5.74) is 2.14. The lowest BCUT2D eigenvalue weighted by molar-refractivity contribution is 0.498. The molecular weight excluding hydrogens is 360 g/mol. The summed E-state index contributed by atoms with van der Waals surface area (Å²) in [6.07, 6.45) is 0. The van der Waals surface area contributed by atoms with Crippen LogP contribution in [0.5, 0.6) is 0 Å². The molecule has 0 bridgehead atoms. The Morgan fingerprint density at radius 2 is 1.81 bits per heavy atom. The van der Waals surface area contributed by atoms with E-state index < -0.39 is 0 Å². The highest BCUT2D eigenvalue weighted by molar-refractivity contribution is 7.98. The van der Waals surface area contributed by atoms with Crippen LogP contribution in [-0.4, -0.2) is 19.1 Å². The SMILES string of the molecule is Cc1nc(SCc2ccccc2C)c2c(=O)n(C)c(=O)n(CC(C)C)c2n1. The number of hydrogen-bond acceptors (Lipinski definition) is 5. The lowest BCUT2D eigenvalue weighted by atomic mass is 10.1. The molecule has 0 aliphatic rings. The normalized spacial score (nSPS) is 11.5. The average molecular weight is 385 g/mol. The van der Waals surface area contributed by atoms with Crippen LogP contribution in [0.2, 0.25) is 0 Å². The fourth-order valence-corrected chi connectivity index (χ4v) is 4.13. The van der Waals surface area contributed by atoms with Crippen molar-refractivity contribution in [1.82, 2.24) is 19.1 Å². The van der Waals surface area contributed by atoms with Gasteiger partial charge in [-0.2, -0.15) is 0 Å². The smallest absolute Gasteiger partial charge is 0.277 e. The third-order valence-corrected chi connectivity index (χ3v) is 5.46. The second-order valence-corrected chi connectivity index (χ2v) is 8.10. The van der Waals surface area contributed by atoms with E-state index in [9.17, 15) is 9.59 Å². The predicted molar refractivity (Wildman–Crippen MR) is 109 cm³/mol. The second kappa shape index (κ2) is 7.68. The first kappa shape index (κ1) is 19.4. The van der Waals surface area contributed by atoms with Gasteiger partial charge in [0.15, 0.2) is 5.65 Å². The Morgan fingerprint density at radius 1 is 1.11 bits per heavy atom. The number of nitrogens with zero attached hydrogens (tertiary/aromatic N) is 4. The van der Waals surface area contributed by atoms with Gasteiger partial charge in [0.1, 0.15) is 16.2 Å². The molecule has 0 N–H and O–H groups in total. The van der Waals surface area contributed by atoms with E-state index in [0.29, 0.717) is 34.2 Å². The topological polar surface area (TPSA) is 69.8 Å². The van der Waals surface area contributed by atoms with E-state index in [1.807, 2.05) is 26.0 Å². The van der Waals surface area contributed by atoms with Crippen molar-refractivity contribution in [3.63, 3.8) is 0 Å². The summed E-state index contributed by atoms with van der Waals surface area (Å²) in [4.78, 5) is 34.5. The molecule has 0 spiro atoms. The minimum atomic E-state index is -0.345. The van der Waals surface area contributed by atoms with Gasteiger partial charge < -0.3 is 0 Å². The maximum atomic E-state index is 12.9. The van der Waals surface area contributed by atoms with Crippen LogP contribution < -0.4 is 11.2 Å². The molecule has 0 saturated heterocycles. The minimum absolute atomic E-state index is 0.252.